The predicted molar refractivity (Wildman–Crippen MR) is 108 cm³/mol. The summed E-state index contributed by atoms with van der Waals surface area (Å²) < 4.78 is 22.2. The Labute approximate surface area is 189 Å². The maximum atomic E-state index is 10.9. The van der Waals surface area contributed by atoms with Crippen molar-refractivity contribution in [2.45, 2.75) is 98.2 Å². The van der Waals surface area contributed by atoms with E-state index in [9.17, 15) is 35.7 Å². The van der Waals surface area contributed by atoms with Crippen molar-refractivity contribution in [3.05, 3.63) is 0 Å². The van der Waals surface area contributed by atoms with E-state index >= 15 is 0 Å². The molecule has 33 heavy (non-hydrogen) atoms. The number of nitrogens with two attached hydrogens (primary N) is 4. The summed E-state index contributed by atoms with van der Waals surface area (Å²) in [4.78, 5) is 0. The lowest BCUT2D eigenvalue weighted by Gasteiger charge is -2.48. The molecular weight excluding hydrogens is 448 g/mol. The van der Waals surface area contributed by atoms with E-state index in [0.29, 0.717) is 0 Å². The number of rotatable bonds is 6. The SMILES string of the molecule is NC[C@H]1O[C@H](O[C@@H]2[C@@H](O)[C@@H](O[C@H]3O[C@H](CO)[C@@H](O)[C@H](N)[C@@H]3O)[C@H](N)C[C@@H]2N)[C@H](O)[C@@H](O)[C@H]1O. The zero-order valence-electron chi connectivity index (χ0n) is 17.9. The molecule has 15 heteroatoms. The van der Waals surface area contributed by atoms with Crippen molar-refractivity contribution in [2.24, 2.45) is 22.9 Å². The van der Waals surface area contributed by atoms with E-state index in [2.05, 4.69) is 0 Å². The van der Waals surface area contributed by atoms with Crippen LogP contribution in [0.3, 0.4) is 0 Å². The van der Waals surface area contributed by atoms with Crippen LogP contribution < -0.4 is 22.9 Å². The van der Waals surface area contributed by atoms with Gasteiger partial charge in [0.2, 0.25) is 0 Å². The Hall–Kier alpha value is -0.600. The molecule has 1 aliphatic carbocycles. The number of aliphatic hydroxyl groups excluding tert-OH is 7. The number of aliphatic hydroxyl groups is 7. The number of hydrogen-bond acceptors (Lipinski definition) is 15. The third kappa shape index (κ3) is 5.32. The first-order valence-electron chi connectivity index (χ1n) is 10.8. The minimum Gasteiger partial charge on any atom is -0.394 e. The lowest BCUT2D eigenvalue weighted by molar-refractivity contribution is -0.332. The molecule has 0 aromatic heterocycles. The summed E-state index contributed by atoms with van der Waals surface area (Å²) in [5.41, 5.74) is 23.5. The number of ether oxygens (including phenoxy) is 4. The van der Waals surface area contributed by atoms with Crippen molar-refractivity contribution < 1.29 is 54.7 Å². The Kier molecular flexibility index (Phi) is 8.99. The Morgan fingerprint density at radius 2 is 1.18 bits per heavy atom. The largest absolute Gasteiger partial charge is 0.394 e. The second-order valence-electron chi connectivity index (χ2n) is 8.79. The Morgan fingerprint density at radius 1 is 0.667 bits per heavy atom. The minimum atomic E-state index is -1.66. The van der Waals surface area contributed by atoms with Crippen LogP contribution in [0.2, 0.25) is 0 Å². The van der Waals surface area contributed by atoms with Gasteiger partial charge in [0.1, 0.15) is 61.0 Å². The molecule has 2 saturated heterocycles. The van der Waals surface area contributed by atoms with Gasteiger partial charge in [0.15, 0.2) is 12.6 Å². The van der Waals surface area contributed by atoms with Crippen molar-refractivity contribution in [1.29, 1.82) is 0 Å². The summed E-state index contributed by atoms with van der Waals surface area (Å²) in [6.07, 6.45) is -16.5. The molecule has 1 saturated carbocycles. The summed E-state index contributed by atoms with van der Waals surface area (Å²) in [6.45, 7) is -0.763. The molecule has 2 aliphatic heterocycles. The maximum Gasteiger partial charge on any atom is 0.187 e. The van der Waals surface area contributed by atoms with Crippen molar-refractivity contribution in [3.8, 4) is 0 Å². The first-order chi connectivity index (χ1) is 15.5. The average Bonchev–Trinajstić information content (AvgIpc) is 2.79. The predicted octanol–water partition coefficient (Wildman–Crippen LogP) is -7.29. The van der Waals surface area contributed by atoms with E-state index in [-0.39, 0.29) is 13.0 Å². The molecule has 0 aromatic rings. The van der Waals surface area contributed by atoms with Gasteiger partial charge in [-0.3, -0.25) is 0 Å². The summed E-state index contributed by atoms with van der Waals surface area (Å²) in [6, 6.07) is -2.86. The van der Waals surface area contributed by atoms with Crippen molar-refractivity contribution in [1.82, 2.24) is 0 Å². The lowest BCUT2D eigenvalue weighted by atomic mass is 9.84. The van der Waals surface area contributed by atoms with Gasteiger partial charge in [0.05, 0.1) is 12.6 Å². The van der Waals surface area contributed by atoms with Crippen LogP contribution >= 0.6 is 0 Å². The molecule has 3 aliphatic rings. The average molecular weight is 485 g/mol. The molecule has 0 bridgehead atoms. The van der Waals surface area contributed by atoms with E-state index < -0.39 is 98.4 Å². The first-order valence-corrected chi connectivity index (χ1v) is 10.8. The third-order valence-electron chi connectivity index (χ3n) is 6.48. The molecular formula is C18H36N4O11. The van der Waals surface area contributed by atoms with E-state index in [1.165, 1.54) is 0 Å². The summed E-state index contributed by atoms with van der Waals surface area (Å²) >= 11 is 0. The van der Waals surface area contributed by atoms with Crippen LogP contribution in [0.15, 0.2) is 0 Å². The normalized spacial score (nSPS) is 53.7. The third-order valence-corrected chi connectivity index (χ3v) is 6.48. The van der Waals surface area contributed by atoms with Gasteiger partial charge in [-0.05, 0) is 6.42 Å². The zero-order valence-corrected chi connectivity index (χ0v) is 17.9. The van der Waals surface area contributed by atoms with E-state index in [4.69, 9.17) is 41.9 Å². The van der Waals surface area contributed by atoms with Gasteiger partial charge in [-0.2, -0.15) is 0 Å². The minimum absolute atomic E-state index is 0.0849. The Bertz CT molecular complexity index is 584. The topological polar surface area (TPSA) is 283 Å². The van der Waals surface area contributed by atoms with Gasteiger partial charge in [-0.25, -0.2) is 0 Å². The lowest BCUT2D eigenvalue weighted by Crippen LogP contribution is -2.68. The quantitative estimate of drug-likeness (QED) is 0.167. The van der Waals surface area contributed by atoms with Crippen LogP contribution in [0.1, 0.15) is 6.42 Å². The second-order valence-corrected chi connectivity index (χ2v) is 8.79. The molecule has 15 nitrogen and oxygen atoms in total. The van der Waals surface area contributed by atoms with Crippen molar-refractivity contribution >= 4 is 0 Å². The van der Waals surface area contributed by atoms with Gasteiger partial charge in [-0.1, -0.05) is 0 Å². The summed E-state index contributed by atoms with van der Waals surface area (Å²) in [7, 11) is 0. The second kappa shape index (κ2) is 11.0. The molecule has 0 radical (unpaired) electrons. The van der Waals surface area contributed by atoms with E-state index in [0.717, 1.165) is 0 Å². The molecule has 0 aromatic carbocycles. The monoisotopic (exact) mass is 484 g/mol. The van der Waals surface area contributed by atoms with Crippen LogP contribution in [0, 0.1) is 0 Å². The van der Waals surface area contributed by atoms with Gasteiger partial charge in [0.25, 0.3) is 0 Å². The summed E-state index contributed by atoms with van der Waals surface area (Å²) in [5.74, 6) is 0. The van der Waals surface area contributed by atoms with E-state index in [1.54, 1.807) is 0 Å². The van der Waals surface area contributed by atoms with Gasteiger partial charge in [-0.15, -0.1) is 0 Å². The molecule has 0 amide bonds. The fourth-order valence-corrected chi connectivity index (χ4v) is 4.40. The van der Waals surface area contributed by atoms with Crippen molar-refractivity contribution in [3.63, 3.8) is 0 Å². The highest BCUT2D eigenvalue weighted by Crippen LogP contribution is 2.31. The molecule has 2 heterocycles. The first kappa shape index (κ1) is 27.0. The fourth-order valence-electron chi connectivity index (χ4n) is 4.40. The van der Waals surface area contributed by atoms with Crippen LogP contribution in [-0.2, 0) is 18.9 Å². The van der Waals surface area contributed by atoms with Crippen LogP contribution in [-0.4, -0.2) is 141 Å². The molecule has 0 spiro atoms. The Balaban J connectivity index is 1.72. The zero-order chi connectivity index (χ0) is 24.6. The van der Waals surface area contributed by atoms with Gasteiger partial charge in [0, 0.05) is 18.6 Å². The molecule has 194 valence electrons. The standard InChI is InChI=1S/C18H36N4O11/c19-2-6-10(25)12(27)13(28)18(30-6)33-16-5(21)1-4(20)15(14(16)29)32-17-11(26)8(22)9(24)7(3-23)31-17/h4-18,23-29H,1-3,19-22H2/t4-,5+,6-,7-,8+,9-,10+,11+,12+,13-,14+,15+,16+,17-,18-/m1/s1. The molecule has 3 rings (SSSR count). The summed E-state index contributed by atoms with van der Waals surface area (Å²) in [5, 5.41) is 70.9. The molecule has 15 atom stereocenters. The van der Waals surface area contributed by atoms with Gasteiger partial charge >= 0.3 is 0 Å². The van der Waals surface area contributed by atoms with E-state index in [1.807, 2.05) is 0 Å². The van der Waals surface area contributed by atoms with Crippen molar-refractivity contribution in [2.75, 3.05) is 13.2 Å². The van der Waals surface area contributed by atoms with Crippen LogP contribution in [0.4, 0.5) is 0 Å². The molecule has 3 fully saturated rings. The fraction of sp³-hybridized carbons (Fsp3) is 1.00. The smallest absolute Gasteiger partial charge is 0.187 e. The molecule has 0 unspecified atom stereocenters. The highest BCUT2D eigenvalue weighted by atomic mass is 16.7. The molecule has 15 N–H and O–H groups in total. The van der Waals surface area contributed by atoms with Crippen LogP contribution in [0.25, 0.3) is 0 Å². The highest BCUT2D eigenvalue weighted by molar-refractivity contribution is 5.01. The van der Waals surface area contributed by atoms with Crippen LogP contribution in [0.5, 0.6) is 0 Å². The maximum absolute atomic E-state index is 10.9. The highest BCUT2D eigenvalue weighted by Gasteiger charge is 2.51. The van der Waals surface area contributed by atoms with Gasteiger partial charge < -0.3 is 77.6 Å². The Morgan fingerprint density at radius 3 is 1.70 bits per heavy atom. The number of hydrogen-bond donors (Lipinski definition) is 11.